The molecular formula is C12H16Cl2N2O4S. The third-order valence-electron chi connectivity index (χ3n) is 2.65. The molecule has 21 heavy (non-hydrogen) atoms. The summed E-state index contributed by atoms with van der Waals surface area (Å²) in [5, 5.41) is -0.202. The number of esters is 1. The summed E-state index contributed by atoms with van der Waals surface area (Å²) in [5.74, 6) is -0.691. The number of sulfonamides is 1. The molecule has 1 rings (SSSR count). The van der Waals surface area contributed by atoms with E-state index in [1.807, 2.05) is 0 Å². The molecule has 118 valence electrons. The Morgan fingerprint density at radius 2 is 1.90 bits per heavy atom. The maximum atomic E-state index is 12.4. The topological polar surface area (TPSA) is 85.4 Å². The van der Waals surface area contributed by atoms with Crippen LogP contribution in [0.5, 0.6) is 0 Å². The van der Waals surface area contributed by atoms with Crippen molar-refractivity contribution in [3.8, 4) is 0 Å². The van der Waals surface area contributed by atoms with Gasteiger partial charge in [-0.25, -0.2) is 13.4 Å². The molecule has 1 atom stereocenters. The van der Waals surface area contributed by atoms with E-state index < -0.39 is 27.4 Å². The van der Waals surface area contributed by atoms with Gasteiger partial charge in [-0.15, -0.1) is 0 Å². The summed E-state index contributed by atoms with van der Waals surface area (Å²) in [7, 11) is -2.86. The van der Waals surface area contributed by atoms with E-state index in [1.54, 1.807) is 20.8 Å². The maximum absolute atomic E-state index is 12.4. The lowest BCUT2D eigenvalue weighted by atomic mass is 9.87. The molecule has 0 aromatic carbocycles. The molecule has 0 bridgehead atoms. The Morgan fingerprint density at radius 1 is 1.33 bits per heavy atom. The summed E-state index contributed by atoms with van der Waals surface area (Å²) in [6, 6.07) is 1.45. The van der Waals surface area contributed by atoms with E-state index in [9.17, 15) is 13.2 Å². The summed E-state index contributed by atoms with van der Waals surface area (Å²) in [4.78, 5) is 15.2. The molecule has 0 aliphatic heterocycles. The van der Waals surface area contributed by atoms with Crippen molar-refractivity contribution < 1.29 is 17.9 Å². The third-order valence-corrected chi connectivity index (χ3v) is 4.71. The quantitative estimate of drug-likeness (QED) is 0.661. The van der Waals surface area contributed by atoms with Crippen LogP contribution in [0.2, 0.25) is 10.3 Å². The fourth-order valence-electron chi connectivity index (χ4n) is 1.51. The Labute approximate surface area is 133 Å². The largest absolute Gasteiger partial charge is 0.468 e. The van der Waals surface area contributed by atoms with Crippen molar-refractivity contribution >= 4 is 39.2 Å². The number of carbonyl (C=O) groups is 1. The Hall–Kier alpha value is -0.890. The maximum Gasteiger partial charge on any atom is 0.324 e. The number of aromatic nitrogens is 1. The number of hydrogen-bond acceptors (Lipinski definition) is 5. The number of methoxy groups -OCH3 is 1. The van der Waals surface area contributed by atoms with Crippen LogP contribution in [0.3, 0.4) is 0 Å². The second-order valence-electron chi connectivity index (χ2n) is 5.37. The summed E-state index contributed by atoms with van der Waals surface area (Å²) in [6.45, 7) is 5.12. The smallest absolute Gasteiger partial charge is 0.324 e. The van der Waals surface area contributed by atoms with E-state index in [1.165, 1.54) is 19.2 Å². The Kier molecular flexibility index (Phi) is 5.60. The summed E-state index contributed by atoms with van der Waals surface area (Å²) in [5.41, 5.74) is -0.688. The molecule has 6 nitrogen and oxygen atoms in total. The standard InChI is InChI=1S/C12H16Cl2N2O4S/c1-12(2,3)9(11(17)20-4)16-21(18,19)7-5-6-8(13)15-10(7)14/h5-6,9,16H,1-4H3. The molecule has 0 saturated heterocycles. The van der Waals surface area contributed by atoms with Crippen molar-refractivity contribution in [1.29, 1.82) is 0 Å². The van der Waals surface area contributed by atoms with E-state index in [-0.39, 0.29) is 15.2 Å². The number of nitrogens with one attached hydrogen (secondary N) is 1. The molecule has 1 aromatic rings. The molecule has 1 N–H and O–H groups in total. The van der Waals surface area contributed by atoms with Crippen molar-refractivity contribution in [3.05, 3.63) is 22.4 Å². The van der Waals surface area contributed by atoms with Crippen molar-refractivity contribution in [2.45, 2.75) is 31.7 Å². The third kappa shape index (κ3) is 4.54. The second kappa shape index (κ2) is 6.48. The average molecular weight is 355 g/mol. The Morgan fingerprint density at radius 3 is 2.33 bits per heavy atom. The minimum atomic E-state index is -4.05. The van der Waals surface area contributed by atoms with Gasteiger partial charge in [-0.05, 0) is 17.5 Å². The normalized spacial score (nSPS) is 13.8. The molecule has 1 aromatic heterocycles. The number of carbonyl (C=O) groups excluding carboxylic acids is 1. The van der Waals surface area contributed by atoms with Gasteiger partial charge in [0, 0.05) is 0 Å². The minimum Gasteiger partial charge on any atom is -0.468 e. The molecule has 0 radical (unpaired) electrons. The average Bonchev–Trinajstić information content (AvgIpc) is 2.33. The number of ether oxygens (including phenoxy) is 1. The van der Waals surface area contributed by atoms with Gasteiger partial charge in [-0.2, -0.15) is 4.72 Å². The van der Waals surface area contributed by atoms with Gasteiger partial charge in [0.2, 0.25) is 10.0 Å². The van der Waals surface area contributed by atoms with E-state index in [2.05, 4.69) is 14.4 Å². The lowest BCUT2D eigenvalue weighted by Crippen LogP contribution is -2.49. The molecule has 0 aliphatic carbocycles. The van der Waals surface area contributed by atoms with Crippen LogP contribution in [0.1, 0.15) is 20.8 Å². The van der Waals surface area contributed by atoms with Gasteiger partial charge in [0.1, 0.15) is 16.1 Å². The van der Waals surface area contributed by atoms with Gasteiger partial charge in [-0.1, -0.05) is 44.0 Å². The lowest BCUT2D eigenvalue weighted by Gasteiger charge is -2.28. The van der Waals surface area contributed by atoms with Crippen LogP contribution < -0.4 is 4.72 Å². The Bertz CT molecular complexity index is 641. The van der Waals surface area contributed by atoms with Crippen LogP contribution in [-0.4, -0.2) is 32.5 Å². The number of pyridine rings is 1. The first-order chi connectivity index (χ1) is 9.49. The van der Waals surface area contributed by atoms with Crippen LogP contribution in [-0.2, 0) is 19.6 Å². The SMILES string of the molecule is COC(=O)C(NS(=O)(=O)c1ccc(Cl)nc1Cl)C(C)(C)C. The van der Waals surface area contributed by atoms with Gasteiger partial charge in [0.25, 0.3) is 0 Å². The van der Waals surface area contributed by atoms with E-state index in [0.717, 1.165) is 0 Å². The van der Waals surface area contributed by atoms with Gasteiger partial charge in [0.05, 0.1) is 7.11 Å². The van der Waals surface area contributed by atoms with Crippen LogP contribution in [0.25, 0.3) is 0 Å². The minimum absolute atomic E-state index is 0.0688. The lowest BCUT2D eigenvalue weighted by molar-refractivity contribution is -0.145. The summed E-state index contributed by atoms with van der Waals surface area (Å²) >= 11 is 11.4. The van der Waals surface area contributed by atoms with Gasteiger partial charge in [0.15, 0.2) is 5.15 Å². The Balaban J connectivity index is 3.21. The van der Waals surface area contributed by atoms with E-state index in [0.29, 0.717) is 0 Å². The summed E-state index contributed by atoms with van der Waals surface area (Å²) in [6.07, 6.45) is 0. The molecule has 0 spiro atoms. The van der Waals surface area contributed by atoms with Crippen LogP contribution in [0, 0.1) is 5.41 Å². The number of nitrogens with zero attached hydrogens (tertiary/aromatic N) is 1. The fraction of sp³-hybridized carbons (Fsp3) is 0.500. The zero-order valence-corrected chi connectivity index (χ0v) is 14.3. The molecule has 0 saturated carbocycles. The molecule has 0 aliphatic rings. The molecule has 9 heteroatoms. The van der Waals surface area contributed by atoms with Gasteiger partial charge >= 0.3 is 5.97 Å². The highest BCUT2D eigenvalue weighted by molar-refractivity contribution is 7.89. The molecule has 1 unspecified atom stereocenters. The zero-order valence-electron chi connectivity index (χ0n) is 12.0. The predicted octanol–water partition coefficient (Wildman–Crippen LogP) is 2.25. The first kappa shape index (κ1) is 18.2. The highest BCUT2D eigenvalue weighted by Crippen LogP contribution is 2.25. The number of hydrogen-bond donors (Lipinski definition) is 1. The highest BCUT2D eigenvalue weighted by Gasteiger charge is 2.36. The van der Waals surface area contributed by atoms with Crippen molar-refractivity contribution in [2.24, 2.45) is 5.41 Å². The monoisotopic (exact) mass is 354 g/mol. The molecule has 0 fully saturated rings. The highest BCUT2D eigenvalue weighted by atomic mass is 35.5. The zero-order chi connectivity index (χ0) is 16.4. The van der Waals surface area contributed by atoms with E-state index >= 15 is 0 Å². The van der Waals surface area contributed by atoms with Crippen LogP contribution >= 0.6 is 23.2 Å². The summed E-state index contributed by atoms with van der Waals surface area (Å²) < 4.78 is 31.6. The van der Waals surface area contributed by atoms with Crippen LogP contribution in [0.4, 0.5) is 0 Å². The first-order valence-electron chi connectivity index (χ1n) is 5.91. The van der Waals surface area contributed by atoms with Crippen molar-refractivity contribution in [2.75, 3.05) is 7.11 Å². The predicted molar refractivity (Wildman–Crippen MR) is 79.8 cm³/mol. The van der Waals surface area contributed by atoms with E-state index in [4.69, 9.17) is 23.2 Å². The molecule has 1 heterocycles. The van der Waals surface area contributed by atoms with Gasteiger partial charge in [-0.3, -0.25) is 4.79 Å². The molecule has 0 amide bonds. The number of halogens is 2. The fourth-order valence-corrected chi connectivity index (χ4v) is 3.57. The second-order valence-corrected chi connectivity index (χ2v) is 7.79. The van der Waals surface area contributed by atoms with Gasteiger partial charge < -0.3 is 4.74 Å². The van der Waals surface area contributed by atoms with Crippen LogP contribution in [0.15, 0.2) is 17.0 Å². The molecular weight excluding hydrogens is 339 g/mol. The first-order valence-corrected chi connectivity index (χ1v) is 8.15. The number of rotatable bonds is 4. The van der Waals surface area contributed by atoms with Crippen molar-refractivity contribution in [3.63, 3.8) is 0 Å². The van der Waals surface area contributed by atoms with Crippen molar-refractivity contribution in [1.82, 2.24) is 9.71 Å².